The van der Waals surface area contributed by atoms with E-state index in [1.54, 1.807) is 32.4 Å². The van der Waals surface area contributed by atoms with Crippen LogP contribution in [0, 0.1) is 10.1 Å². The summed E-state index contributed by atoms with van der Waals surface area (Å²) in [6.07, 6.45) is 1.75. The van der Waals surface area contributed by atoms with E-state index in [4.69, 9.17) is 4.74 Å². The molecular formula is C12H16N2O4S. The molecule has 0 aliphatic carbocycles. The number of benzene rings is 1. The molecule has 19 heavy (non-hydrogen) atoms. The van der Waals surface area contributed by atoms with Crippen molar-refractivity contribution >= 4 is 23.4 Å². The molecule has 0 aliphatic heterocycles. The summed E-state index contributed by atoms with van der Waals surface area (Å²) in [7, 11) is 1.54. The highest BCUT2D eigenvalue weighted by atomic mass is 32.2. The zero-order valence-electron chi connectivity index (χ0n) is 11.0. The molecule has 0 bridgehead atoms. The predicted octanol–water partition coefficient (Wildman–Crippen LogP) is 2.08. The Morgan fingerprint density at radius 1 is 1.58 bits per heavy atom. The first-order valence-corrected chi connectivity index (χ1v) is 6.84. The smallest absolute Gasteiger partial charge is 0.283 e. The maximum Gasteiger partial charge on any atom is 0.283 e. The monoisotopic (exact) mass is 284 g/mol. The Balaban J connectivity index is 2.92. The number of amides is 1. The first kappa shape index (κ1) is 15.5. The van der Waals surface area contributed by atoms with Gasteiger partial charge < -0.3 is 10.1 Å². The molecule has 0 fully saturated rings. The molecular weight excluding hydrogens is 268 g/mol. The third-order valence-corrected chi connectivity index (χ3v) is 3.22. The molecule has 0 unspecified atom stereocenters. The number of thioether (sulfide) groups is 1. The summed E-state index contributed by atoms with van der Waals surface area (Å²) in [6, 6.07) is 4.30. The first-order valence-electron chi connectivity index (χ1n) is 5.61. The highest BCUT2D eigenvalue weighted by molar-refractivity contribution is 7.98. The maximum absolute atomic E-state index is 11.9. The van der Waals surface area contributed by atoms with Crippen molar-refractivity contribution in [3.63, 3.8) is 0 Å². The number of methoxy groups -OCH3 is 1. The third kappa shape index (κ3) is 4.22. The van der Waals surface area contributed by atoms with E-state index < -0.39 is 4.92 Å². The van der Waals surface area contributed by atoms with Crippen LogP contribution in [-0.4, -0.2) is 36.8 Å². The van der Waals surface area contributed by atoms with Gasteiger partial charge in [0.15, 0.2) is 0 Å². The van der Waals surface area contributed by atoms with Crippen LogP contribution >= 0.6 is 11.8 Å². The van der Waals surface area contributed by atoms with Crippen molar-refractivity contribution in [3.8, 4) is 0 Å². The highest BCUT2D eigenvalue weighted by Crippen LogP contribution is 2.28. The number of ether oxygens (including phenoxy) is 1. The SMILES string of the molecule is COC[C@H](C)NC(=O)c1ccc(SC)c([N+](=O)[O-])c1. The van der Waals surface area contributed by atoms with Gasteiger partial charge in [0.05, 0.1) is 16.4 Å². The Kier molecular flexibility index (Phi) is 5.78. The van der Waals surface area contributed by atoms with Gasteiger partial charge in [0.2, 0.25) is 0 Å². The minimum absolute atomic E-state index is 0.0560. The largest absolute Gasteiger partial charge is 0.383 e. The number of nitro groups is 1. The zero-order valence-corrected chi connectivity index (χ0v) is 11.8. The van der Waals surface area contributed by atoms with E-state index in [0.717, 1.165) is 0 Å². The summed E-state index contributed by atoms with van der Waals surface area (Å²) in [4.78, 5) is 22.9. The molecule has 1 aromatic rings. The molecule has 1 rings (SSSR count). The van der Waals surface area contributed by atoms with Crippen LogP contribution in [0.15, 0.2) is 23.1 Å². The number of carbonyl (C=O) groups is 1. The lowest BCUT2D eigenvalue weighted by Crippen LogP contribution is -2.35. The predicted molar refractivity (Wildman–Crippen MR) is 73.7 cm³/mol. The maximum atomic E-state index is 11.9. The van der Waals surface area contributed by atoms with E-state index in [0.29, 0.717) is 11.5 Å². The Morgan fingerprint density at radius 3 is 2.79 bits per heavy atom. The first-order chi connectivity index (χ1) is 8.99. The van der Waals surface area contributed by atoms with Crippen LogP contribution in [0.3, 0.4) is 0 Å². The van der Waals surface area contributed by atoms with Gasteiger partial charge in [-0.1, -0.05) is 0 Å². The molecule has 1 aromatic carbocycles. The van der Waals surface area contributed by atoms with Gasteiger partial charge in [-0.3, -0.25) is 14.9 Å². The van der Waals surface area contributed by atoms with Crippen LogP contribution in [0.4, 0.5) is 5.69 Å². The Bertz CT molecular complexity index is 479. The van der Waals surface area contributed by atoms with Crippen molar-refractivity contribution in [2.75, 3.05) is 20.0 Å². The van der Waals surface area contributed by atoms with E-state index >= 15 is 0 Å². The quantitative estimate of drug-likeness (QED) is 0.491. The Labute approximate surface area is 115 Å². The van der Waals surface area contributed by atoms with E-state index in [9.17, 15) is 14.9 Å². The minimum atomic E-state index is -0.485. The van der Waals surface area contributed by atoms with Crippen molar-refractivity contribution in [3.05, 3.63) is 33.9 Å². The lowest BCUT2D eigenvalue weighted by Gasteiger charge is -2.12. The lowest BCUT2D eigenvalue weighted by molar-refractivity contribution is -0.387. The molecule has 0 heterocycles. The fourth-order valence-corrected chi connectivity index (χ4v) is 2.12. The number of nitrogens with one attached hydrogen (secondary N) is 1. The van der Waals surface area contributed by atoms with Crippen molar-refractivity contribution in [1.29, 1.82) is 0 Å². The van der Waals surface area contributed by atoms with Crippen LogP contribution in [0.25, 0.3) is 0 Å². The van der Waals surface area contributed by atoms with E-state index in [1.807, 2.05) is 0 Å². The van der Waals surface area contributed by atoms with Gasteiger partial charge in [-0.25, -0.2) is 0 Å². The standard InChI is InChI=1S/C12H16N2O4S/c1-8(7-18-2)13-12(15)9-4-5-11(19-3)10(6-9)14(16)17/h4-6,8H,7H2,1-3H3,(H,13,15)/t8-/m0/s1. The van der Waals surface area contributed by atoms with Gasteiger partial charge in [0.1, 0.15) is 0 Å². The molecule has 0 aromatic heterocycles. The van der Waals surface area contributed by atoms with Gasteiger partial charge >= 0.3 is 0 Å². The molecule has 104 valence electrons. The summed E-state index contributed by atoms with van der Waals surface area (Å²) in [5.74, 6) is -0.347. The minimum Gasteiger partial charge on any atom is -0.383 e. The van der Waals surface area contributed by atoms with Gasteiger partial charge in [-0.2, -0.15) is 0 Å². The van der Waals surface area contributed by atoms with Crippen molar-refractivity contribution in [2.45, 2.75) is 17.9 Å². The third-order valence-electron chi connectivity index (χ3n) is 2.43. The van der Waals surface area contributed by atoms with Crippen LogP contribution in [-0.2, 0) is 4.74 Å². The lowest BCUT2D eigenvalue weighted by atomic mass is 10.2. The molecule has 0 radical (unpaired) electrons. The fourth-order valence-electron chi connectivity index (χ4n) is 1.57. The molecule has 6 nitrogen and oxygen atoms in total. The number of hydrogen-bond acceptors (Lipinski definition) is 5. The van der Waals surface area contributed by atoms with Crippen molar-refractivity contribution < 1.29 is 14.5 Å². The topological polar surface area (TPSA) is 81.5 Å². The Hall–Kier alpha value is -1.60. The number of hydrogen-bond donors (Lipinski definition) is 1. The van der Waals surface area contributed by atoms with Gasteiger partial charge in [0, 0.05) is 24.8 Å². The van der Waals surface area contributed by atoms with E-state index in [2.05, 4.69) is 5.32 Å². The van der Waals surface area contributed by atoms with Gasteiger partial charge in [-0.05, 0) is 25.3 Å². The Morgan fingerprint density at radius 2 is 2.26 bits per heavy atom. The molecule has 7 heteroatoms. The van der Waals surface area contributed by atoms with Crippen LogP contribution in [0.5, 0.6) is 0 Å². The van der Waals surface area contributed by atoms with Gasteiger partial charge in [-0.15, -0.1) is 11.8 Å². The van der Waals surface area contributed by atoms with Crippen LogP contribution in [0.1, 0.15) is 17.3 Å². The molecule has 0 saturated carbocycles. The van der Waals surface area contributed by atoms with Crippen LogP contribution < -0.4 is 5.32 Å². The van der Waals surface area contributed by atoms with Gasteiger partial charge in [0.25, 0.3) is 11.6 Å². The summed E-state index contributed by atoms with van der Waals surface area (Å²) in [5.41, 5.74) is 0.215. The van der Waals surface area contributed by atoms with Crippen molar-refractivity contribution in [2.24, 2.45) is 0 Å². The summed E-state index contributed by atoms with van der Waals surface area (Å²) < 4.78 is 4.91. The molecule has 0 aliphatic rings. The molecule has 1 amide bonds. The summed E-state index contributed by atoms with van der Waals surface area (Å²) in [6.45, 7) is 2.18. The molecule has 1 atom stereocenters. The number of carbonyl (C=O) groups excluding carboxylic acids is 1. The number of rotatable bonds is 6. The molecule has 1 N–H and O–H groups in total. The number of nitrogens with zero attached hydrogens (tertiary/aromatic N) is 1. The average Bonchev–Trinajstić information content (AvgIpc) is 2.37. The zero-order chi connectivity index (χ0) is 14.4. The van der Waals surface area contributed by atoms with Crippen molar-refractivity contribution in [1.82, 2.24) is 5.32 Å². The second kappa shape index (κ2) is 7.10. The average molecular weight is 284 g/mol. The highest BCUT2D eigenvalue weighted by Gasteiger charge is 2.17. The van der Waals surface area contributed by atoms with Crippen LogP contribution in [0.2, 0.25) is 0 Å². The molecule has 0 saturated heterocycles. The van der Waals surface area contributed by atoms with E-state index in [1.165, 1.54) is 17.8 Å². The summed E-state index contributed by atoms with van der Waals surface area (Å²) in [5, 5.41) is 13.6. The second-order valence-electron chi connectivity index (χ2n) is 3.97. The number of nitro benzene ring substituents is 1. The normalized spacial score (nSPS) is 11.9. The molecule has 0 spiro atoms. The fraction of sp³-hybridized carbons (Fsp3) is 0.417. The second-order valence-corrected chi connectivity index (χ2v) is 4.82. The van der Waals surface area contributed by atoms with E-state index in [-0.39, 0.29) is 23.2 Å². The summed E-state index contributed by atoms with van der Waals surface area (Å²) >= 11 is 1.27.